The van der Waals surface area contributed by atoms with Crippen molar-refractivity contribution >= 4 is 34.7 Å². The number of aromatic nitrogens is 4. The number of hydrogen-bond acceptors (Lipinski definition) is 7. The molecule has 3 aromatic heterocycles. The van der Waals surface area contributed by atoms with Crippen LogP contribution in [0, 0.1) is 0 Å². The van der Waals surface area contributed by atoms with E-state index >= 15 is 0 Å². The Bertz CT molecular complexity index is 1290. The summed E-state index contributed by atoms with van der Waals surface area (Å²) in [6, 6.07) is 14.0. The Morgan fingerprint density at radius 2 is 2.14 bits per heavy atom. The van der Waals surface area contributed by atoms with Gasteiger partial charge < -0.3 is 20.4 Å². The number of nitrogens with zero attached hydrogens (tertiary/aromatic N) is 3. The number of benzene rings is 1. The molecule has 1 aliphatic heterocycles. The molecular formula is C25H25ClN6O2S. The van der Waals surface area contributed by atoms with E-state index in [0.29, 0.717) is 29.3 Å². The average molecular weight is 509 g/mol. The van der Waals surface area contributed by atoms with Crippen LogP contribution in [-0.2, 0) is 9.53 Å². The quantitative estimate of drug-likeness (QED) is 0.307. The summed E-state index contributed by atoms with van der Waals surface area (Å²) in [4.78, 5) is 20.9. The number of carbonyl (C=O) groups is 1. The van der Waals surface area contributed by atoms with Crippen LogP contribution in [0.15, 0.2) is 55.0 Å². The van der Waals surface area contributed by atoms with Crippen LogP contribution in [0.5, 0.6) is 0 Å². The largest absolute Gasteiger partial charge is 0.367 e. The molecule has 1 aliphatic rings. The molecule has 0 spiro atoms. The van der Waals surface area contributed by atoms with Gasteiger partial charge in [-0.2, -0.15) is 0 Å². The predicted octanol–water partition coefficient (Wildman–Crippen LogP) is 5.07. The van der Waals surface area contributed by atoms with E-state index < -0.39 is 0 Å². The number of ether oxygens (including phenoxy) is 1. The minimum atomic E-state index is -0.323. The van der Waals surface area contributed by atoms with Crippen LogP contribution in [0.25, 0.3) is 21.1 Å². The molecular weight excluding hydrogens is 484 g/mol. The third-order valence-electron chi connectivity index (χ3n) is 5.82. The van der Waals surface area contributed by atoms with Crippen molar-refractivity contribution in [3.05, 3.63) is 71.1 Å². The molecule has 0 aliphatic carbocycles. The predicted molar refractivity (Wildman–Crippen MR) is 138 cm³/mol. The smallest absolute Gasteiger partial charge is 0.222 e. The molecule has 1 aromatic carbocycles. The summed E-state index contributed by atoms with van der Waals surface area (Å²) in [6.45, 7) is 3.08. The Balaban J connectivity index is 1.57. The molecule has 1 unspecified atom stereocenters. The zero-order valence-corrected chi connectivity index (χ0v) is 20.7. The molecule has 35 heavy (non-hydrogen) atoms. The lowest BCUT2D eigenvalue weighted by atomic mass is 10.0. The maximum Gasteiger partial charge on any atom is 0.222 e. The van der Waals surface area contributed by atoms with Crippen molar-refractivity contribution in [2.45, 2.75) is 31.9 Å². The molecule has 3 N–H and O–H groups in total. The fraction of sp³-hybridized carbons (Fsp3) is 0.280. The number of H-pyrrole nitrogens is 1. The van der Waals surface area contributed by atoms with Crippen molar-refractivity contribution in [2.75, 3.05) is 18.5 Å². The van der Waals surface area contributed by atoms with Crippen LogP contribution in [0.4, 0.5) is 5.82 Å². The molecule has 8 nitrogen and oxygen atoms in total. The van der Waals surface area contributed by atoms with Crippen molar-refractivity contribution in [2.24, 2.45) is 0 Å². The standard InChI is InChI=1S/C25H25ClN6O2S/c1-15(33)31-22-11-17(8-10-28-22)21-12-20(24(35-21)25-29-14-30-32-25)23(16-4-6-18(26)7-5-16)34-13-19-3-2-9-27-19/h4-8,10-12,14,19,23,27H,2-3,9,13H2,1H3,(H,28,31,33)(H,29,30,32)/t19-,23?/m0/s1. The molecule has 2 atom stereocenters. The zero-order valence-electron chi connectivity index (χ0n) is 19.1. The number of anilines is 1. The number of halogens is 1. The van der Waals surface area contributed by atoms with E-state index in [9.17, 15) is 4.79 Å². The van der Waals surface area contributed by atoms with Crippen molar-refractivity contribution in [1.29, 1.82) is 0 Å². The fourth-order valence-corrected chi connectivity index (χ4v) is 5.45. The highest BCUT2D eigenvalue weighted by Gasteiger charge is 2.26. The van der Waals surface area contributed by atoms with Gasteiger partial charge in [0.05, 0.1) is 11.5 Å². The second-order valence-electron chi connectivity index (χ2n) is 8.40. The highest BCUT2D eigenvalue weighted by molar-refractivity contribution is 7.19. The summed E-state index contributed by atoms with van der Waals surface area (Å²) in [7, 11) is 0. The van der Waals surface area contributed by atoms with E-state index in [4.69, 9.17) is 16.3 Å². The van der Waals surface area contributed by atoms with Crippen LogP contribution < -0.4 is 10.6 Å². The SMILES string of the molecule is CC(=O)Nc1cc(-c2cc(C(OC[C@@H]3CCCN3)c3ccc(Cl)cc3)c(-c3nnc[nH]3)s2)ccn1. The fourth-order valence-electron chi connectivity index (χ4n) is 4.19. The lowest BCUT2D eigenvalue weighted by molar-refractivity contribution is -0.114. The van der Waals surface area contributed by atoms with E-state index in [2.05, 4.69) is 36.9 Å². The minimum Gasteiger partial charge on any atom is -0.367 e. The summed E-state index contributed by atoms with van der Waals surface area (Å²) < 4.78 is 6.57. The topological polar surface area (TPSA) is 105 Å². The monoisotopic (exact) mass is 508 g/mol. The van der Waals surface area contributed by atoms with Crippen molar-refractivity contribution < 1.29 is 9.53 Å². The Morgan fingerprint density at radius 3 is 2.86 bits per heavy atom. The number of thiophene rings is 1. The van der Waals surface area contributed by atoms with Crippen LogP contribution in [0.2, 0.25) is 5.02 Å². The Kier molecular flexibility index (Phi) is 7.19. The third kappa shape index (κ3) is 5.59. The molecule has 4 aromatic rings. The first-order valence-electron chi connectivity index (χ1n) is 11.4. The first-order valence-corrected chi connectivity index (χ1v) is 12.6. The molecule has 1 fully saturated rings. The van der Waals surface area contributed by atoms with E-state index in [-0.39, 0.29) is 12.0 Å². The van der Waals surface area contributed by atoms with Gasteiger partial charge in [-0.15, -0.1) is 21.5 Å². The molecule has 5 rings (SSSR count). The van der Waals surface area contributed by atoms with Gasteiger partial charge in [0, 0.05) is 34.6 Å². The Morgan fingerprint density at radius 1 is 1.29 bits per heavy atom. The molecule has 1 amide bonds. The van der Waals surface area contributed by atoms with Gasteiger partial charge in [0.1, 0.15) is 18.2 Å². The van der Waals surface area contributed by atoms with Gasteiger partial charge in [0.15, 0.2) is 5.82 Å². The van der Waals surface area contributed by atoms with Crippen LogP contribution >= 0.6 is 22.9 Å². The number of carbonyl (C=O) groups excluding carboxylic acids is 1. The normalized spacial score (nSPS) is 16.3. The summed E-state index contributed by atoms with van der Waals surface area (Å²) in [5.41, 5.74) is 2.93. The first-order chi connectivity index (χ1) is 17.1. The Hall–Kier alpha value is -3.11. The maximum atomic E-state index is 11.5. The molecule has 0 radical (unpaired) electrons. The van der Waals surface area contributed by atoms with Crippen LogP contribution in [0.1, 0.15) is 37.0 Å². The molecule has 0 bridgehead atoms. The van der Waals surface area contributed by atoms with E-state index in [0.717, 1.165) is 45.8 Å². The average Bonchev–Trinajstić information content (AvgIpc) is 3.62. The summed E-state index contributed by atoms with van der Waals surface area (Å²) in [5.74, 6) is 1.01. The molecule has 0 saturated carbocycles. The number of hydrogen-bond donors (Lipinski definition) is 3. The molecule has 10 heteroatoms. The van der Waals surface area contributed by atoms with Crippen LogP contribution in [-0.4, -0.2) is 45.3 Å². The number of pyridine rings is 1. The highest BCUT2D eigenvalue weighted by atomic mass is 35.5. The van der Waals surface area contributed by atoms with Crippen molar-refractivity contribution in [1.82, 2.24) is 25.5 Å². The van der Waals surface area contributed by atoms with E-state index in [1.54, 1.807) is 23.9 Å². The summed E-state index contributed by atoms with van der Waals surface area (Å²) in [6.07, 6.45) is 5.19. The van der Waals surface area contributed by atoms with E-state index in [1.165, 1.54) is 6.92 Å². The van der Waals surface area contributed by atoms with Gasteiger partial charge in [-0.1, -0.05) is 23.7 Å². The van der Waals surface area contributed by atoms with Crippen LogP contribution in [0.3, 0.4) is 0 Å². The van der Waals surface area contributed by atoms with Gasteiger partial charge >= 0.3 is 0 Å². The lowest BCUT2D eigenvalue weighted by Crippen LogP contribution is -2.27. The minimum absolute atomic E-state index is 0.166. The second kappa shape index (κ2) is 10.7. The van der Waals surface area contributed by atoms with Crippen molar-refractivity contribution in [3.8, 4) is 21.1 Å². The first kappa shape index (κ1) is 23.6. The van der Waals surface area contributed by atoms with Crippen molar-refractivity contribution in [3.63, 3.8) is 0 Å². The molecule has 1 saturated heterocycles. The van der Waals surface area contributed by atoms with Gasteiger partial charge in [0.25, 0.3) is 0 Å². The zero-order chi connectivity index (χ0) is 24.2. The number of nitrogens with one attached hydrogen (secondary N) is 3. The number of amides is 1. The summed E-state index contributed by atoms with van der Waals surface area (Å²) in [5, 5.41) is 15.2. The molecule has 4 heterocycles. The van der Waals surface area contributed by atoms with E-state index in [1.807, 2.05) is 36.4 Å². The Labute approximate surface area is 212 Å². The number of rotatable bonds is 8. The van der Waals surface area contributed by atoms with Gasteiger partial charge in [-0.25, -0.2) is 4.98 Å². The third-order valence-corrected chi connectivity index (χ3v) is 7.28. The molecule has 180 valence electrons. The van der Waals surface area contributed by atoms with Gasteiger partial charge in [0.2, 0.25) is 5.91 Å². The summed E-state index contributed by atoms with van der Waals surface area (Å²) >= 11 is 7.77. The van der Waals surface area contributed by atoms with Gasteiger partial charge in [-0.05, 0) is 60.8 Å². The second-order valence-corrected chi connectivity index (χ2v) is 9.89. The highest BCUT2D eigenvalue weighted by Crippen LogP contribution is 2.43. The number of aromatic amines is 1. The lowest BCUT2D eigenvalue weighted by Gasteiger charge is -2.21. The maximum absolute atomic E-state index is 11.5. The van der Waals surface area contributed by atoms with Gasteiger partial charge in [-0.3, -0.25) is 4.79 Å².